The van der Waals surface area contributed by atoms with Crippen molar-refractivity contribution in [2.45, 2.75) is 69.1 Å². The maximum absolute atomic E-state index is 14.8. The lowest BCUT2D eigenvalue weighted by atomic mass is 9.68. The lowest BCUT2D eigenvalue weighted by molar-refractivity contribution is 0.0455. The second-order valence-corrected chi connectivity index (χ2v) is 17.5. The number of rotatable bonds is 3. The molecule has 7 atom stereocenters. The Morgan fingerprint density at radius 1 is 1.20 bits per heavy atom. The largest absolute Gasteiger partial charge is 0.490 e. The molecule has 1 saturated carbocycles. The van der Waals surface area contributed by atoms with E-state index in [9.17, 15) is 18.9 Å². The number of amides is 2. The van der Waals surface area contributed by atoms with Crippen LogP contribution in [-0.2, 0) is 28.8 Å². The normalized spacial score (nSPS) is 31.2. The smallest absolute Gasteiger partial charge is 0.286 e. The Labute approximate surface area is 304 Å². The Morgan fingerprint density at radius 3 is 2.78 bits per heavy atom. The lowest BCUT2D eigenvalue weighted by Gasteiger charge is -2.45. The topological polar surface area (TPSA) is 135 Å². The van der Waals surface area contributed by atoms with Crippen molar-refractivity contribution in [1.29, 1.82) is 0 Å². The van der Waals surface area contributed by atoms with Crippen molar-refractivity contribution in [3.05, 3.63) is 82.0 Å². The Kier molecular flexibility index (Phi) is 9.70. The fraction of sp³-hybridized carbons (Fsp3) is 0.500. The second-order valence-electron chi connectivity index (χ2n) is 14.7. The molecule has 11 nitrogen and oxygen atoms in total. The maximum atomic E-state index is 14.8. The third kappa shape index (κ3) is 6.78. The highest BCUT2D eigenvalue weighted by Gasteiger charge is 2.44. The third-order valence-corrected chi connectivity index (χ3v) is 14.1. The Balaban J connectivity index is 1.32. The predicted molar refractivity (Wildman–Crippen MR) is 197 cm³/mol. The highest BCUT2D eigenvalue weighted by atomic mass is 35.5. The van der Waals surface area contributed by atoms with Crippen LogP contribution in [0.2, 0.25) is 5.02 Å². The number of nitrogens with one attached hydrogen (secondary N) is 1. The molecule has 13 heteroatoms. The minimum absolute atomic E-state index is 0.0664. The summed E-state index contributed by atoms with van der Waals surface area (Å²) in [5, 5.41) is 15.5. The van der Waals surface area contributed by atoms with Crippen molar-refractivity contribution in [3.63, 3.8) is 0 Å². The summed E-state index contributed by atoms with van der Waals surface area (Å²) in [6.07, 6.45) is 9.86. The summed E-state index contributed by atoms with van der Waals surface area (Å²) < 4.78 is 35.0. The van der Waals surface area contributed by atoms with Gasteiger partial charge < -0.3 is 19.5 Å². The summed E-state index contributed by atoms with van der Waals surface area (Å²) in [6.45, 7) is 5.43. The van der Waals surface area contributed by atoms with Crippen LogP contribution in [0.4, 0.5) is 5.69 Å². The molecule has 3 heterocycles. The van der Waals surface area contributed by atoms with E-state index in [0.29, 0.717) is 31.9 Å². The average Bonchev–Trinajstić information content (AvgIpc) is 3.41. The van der Waals surface area contributed by atoms with Gasteiger partial charge in [-0.3, -0.25) is 19.0 Å². The summed E-state index contributed by atoms with van der Waals surface area (Å²) in [5.41, 5.74) is 3.25. The third-order valence-electron chi connectivity index (χ3n) is 11.5. The Hall–Kier alpha value is -3.87. The van der Waals surface area contributed by atoms with Crippen LogP contribution in [0.25, 0.3) is 0 Å². The molecule has 1 fully saturated rings. The van der Waals surface area contributed by atoms with Gasteiger partial charge in [-0.05, 0) is 105 Å². The van der Waals surface area contributed by atoms with Crippen molar-refractivity contribution in [2.24, 2.45) is 29.2 Å². The van der Waals surface area contributed by atoms with Gasteiger partial charge in [-0.15, -0.1) is 9.46 Å². The molecule has 2 amide bonds. The van der Waals surface area contributed by atoms with Crippen LogP contribution in [0.3, 0.4) is 0 Å². The van der Waals surface area contributed by atoms with Crippen molar-refractivity contribution < 1.29 is 28.4 Å². The zero-order chi connectivity index (χ0) is 36.1. The fourth-order valence-electron chi connectivity index (χ4n) is 8.22. The molecule has 2 N–H and O–H groups in total. The number of carbonyl (C=O) groups excluding carboxylic acids is 2. The van der Waals surface area contributed by atoms with Crippen LogP contribution >= 0.6 is 11.6 Å². The van der Waals surface area contributed by atoms with Gasteiger partial charge in [-0.1, -0.05) is 36.7 Å². The number of allylic oxidation sites excluding steroid dienone is 1. The van der Waals surface area contributed by atoms with E-state index in [2.05, 4.69) is 31.2 Å². The average molecular weight is 736 g/mol. The van der Waals surface area contributed by atoms with Gasteiger partial charge in [0.15, 0.2) is 0 Å². The standard InChI is InChI=1S/C38H46ClN5O6S/c1-23-7-5-9-33(45)29-13-10-27(29)19-44-21-38(16-6-8-25-17-28(39)12-14-31(25)38)22-50-34-15-11-26(18-32(34)44)35(46)41-51(48,24(23)2)42-36(47)30-20-43(3)40-37(30)49-4/h5,9,11-12,14-15,17-18,20,23-24,27,29,33,45H,6-8,10,13,16,19,21-22H2,1-4H3,(H,41,42,46,47,48)/b9-5-/t23-,24+,27-,29+,33-,38-,51?/m0/s1. The first-order valence-electron chi connectivity index (χ1n) is 17.7. The molecule has 51 heavy (non-hydrogen) atoms. The van der Waals surface area contributed by atoms with Gasteiger partial charge >= 0.3 is 0 Å². The first kappa shape index (κ1) is 35.5. The SMILES string of the molecule is COc1nn(C)cc1C(=O)NS1(=O)=NC(=O)c2ccc3c(c2)N(C[C@@H]2CC[C@H]2[C@@H](O)/C=C\C[C@H](C)[C@H]1C)C[C@@]1(CCCc2cc(Cl)ccc21)CO3. The number of hydrogen-bond acceptors (Lipinski definition) is 8. The van der Waals surface area contributed by atoms with E-state index in [1.54, 1.807) is 32.2 Å². The van der Waals surface area contributed by atoms with Crippen molar-refractivity contribution in [2.75, 3.05) is 31.7 Å². The fourth-order valence-corrected chi connectivity index (χ4v) is 10.3. The van der Waals surface area contributed by atoms with Gasteiger partial charge in [0, 0.05) is 42.3 Å². The van der Waals surface area contributed by atoms with Gasteiger partial charge in [-0.2, -0.15) is 0 Å². The van der Waals surface area contributed by atoms with E-state index in [0.717, 1.165) is 42.8 Å². The molecule has 2 aliphatic carbocycles. The van der Waals surface area contributed by atoms with Gasteiger partial charge in [0.2, 0.25) is 5.88 Å². The molecule has 2 aliphatic heterocycles. The number of aryl methyl sites for hydroxylation is 2. The monoisotopic (exact) mass is 735 g/mol. The van der Waals surface area contributed by atoms with Crippen LogP contribution in [-0.4, -0.2) is 69.1 Å². The summed E-state index contributed by atoms with van der Waals surface area (Å²) in [4.78, 5) is 30.0. The number of ether oxygens (including phenoxy) is 2. The molecule has 1 unspecified atom stereocenters. The van der Waals surface area contributed by atoms with E-state index >= 15 is 0 Å². The van der Waals surface area contributed by atoms with E-state index < -0.39 is 33.1 Å². The van der Waals surface area contributed by atoms with E-state index in [1.165, 1.54) is 29.1 Å². The minimum atomic E-state index is -3.70. The van der Waals surface area contributed by atoms with Crippen LogP contribution < -0.4 is 19.1 Å². The predicted octanol–water partition coefficient (Wildman–Crippen LogP) is 5.88. The quantitative estimate of drug-likeness (QED) is 0.319. The number of nitrogens with zero attached hydrogens (tertiary/aromatic N) is 4. The summed E-state index contributed by atoms with van der Waals surface area (Å²) >= 11 is 6.44. The number of aromatic nitrogens is 2. The highest BCUT2D eigenvalue weighted by Crippen LogP contribution is 2.47. The van der Waals surface area contributed by atoms with Crippen LogP contribution in [0.5, 0.6) is 11.6 Å². The number of aliphatic hydroxyl groups is 1. The van der Waals surface area contributed by atoms with Gasteiger partial charge in [0.25, 0.3) is 11.8 Å². The lowest BCUT2D eigenvalue weighted by Crippen LogP contribution is -2.49. The van der Waals surface area contributed by atoms with Crippen molar-refractivity contribution in [3.8, 4) is 11.6 Å². The van der Waals surface area contributed by atoms with Crippen LogP contribution in [0, 0.1) is 17.8 Å². The van der Waals surface area contributed by atoms with Gasteiger partial charge in [0.1, 0.15) is 21.2 Å². The maximum Gasteiger partial charge on any atom is 0.286 e. The number of hydrogen-bond donors (Lipinski definition) is 2. The zero-order valence-corrected chi connectivity index (χ0v) is 31.1. The summed E-state index contributed by atoms with van der Waals surface area (Å²) in [7, 11) is -0.658. The Morgan fingerprint density at radius 2 is 2.02 bits per heavy atom. The molecule has 1 spiro atoms. The van der Waals surface area contributed by atoms with Crippen LogP contribution in [0.15, 0.2) is 59.1 Å². The summed E-state index contributed by atoms with van der Waals surface area (Å²) in [5.74, 6) is -0.625. The minimum Gasteiger partial charge on any atom is -0.490 e. The number of methoxy groups -OCH3 is 1. The number of anilines is 1. The number of aliphatic hydroxyl groups excluding tert-OH is 1. The van der Waals surface area contributed by atoms with Crippen molar-refractivity contribution in [1.82, 2.24) is 14.5 Å². The number of halogens is 1. The molecular weight excluding hydrogens is 690 g/mol. The molecule has 2 bridgehead atoms. The first-order chi connectivity index (χ1) is 24.4. The second kappa shape index (κ2) is 13.9. The Bertz CT molecular complexity index is 2010. The first-order valence-corrected chi connectivity index (χ1v) is 19.7. The van der Waals surface area contributed by atoms with Gasteiger partial charge in [-0.25, -0.2) is 4.21 Å². The van der Waals surface area contributed by atoms with Gasteiger partial charge in [0.05, 0.1) is 30.8 Å². The molecule has 2 aromatic carbocycles. The molecule has 4 aliphatic rings. The molecule has 0 radical (unpaired) electrons. The number of benzene rings is 2. The van der Waals surface area contributed by atoms with Crippen molar-refractivity contribution >= 4 is 39.0 Å². The van der Waals surface area contributed by atoms with E-state index in [1.807, 2.05) is 25.1 Å². The molecule has 7 rings (SSSR count). The molecule has 1 aromatic heterocycles. The molecule has 3 aromatic rings. The molecular formula is C38H46ClN5O6S. The molecule has 272 valence electrons. The van der Waals surface area contributed by atoms with E-state index in [4.69, 9.17) is 21.1 Å². The number of carbonyl (C=O) groups is 2. The number of fused-ring (bicyclic) bond motifs is 4. The van der Waals surface area contributed by atoms with Crippen LogP contribution in [0.1, 0.15) is 77.8 Å². The molecule has 0 saturated heterocycles. The van der Waals surface area contributed by atoms with E-state index in [-0.39, 0.29) is 40.2 Å². The zero-order valence-electron chi connectivity index (χ0n) is 29.5. The highest BCUT2D eigenvalue weighted by molar-refractivity contribution is 7.93. The summed E-state index contributed by atoms with van der Waals surface area (Å²) in [6, 6.07) is 11.4.